The Morgan fingerprint density at radius 3 is 2.65 bits per heavy atom. The largest absolute Gasteiger partial charge is 0.318 e. The molecule has 3 rings (SSSR count). The van der Waals surface area contributed by atoms with E-state index in [0.717, 1.165) is 22.6 Å². The summed E-state index contributed by atoms with van der Waals surface area (Å²) >= 11 is 0. The van der Waals surface area contributed by atoms with E-state index in [4.69, 9.17) is 0 Å². The molecule has 116 valence electrons. The van der Waals surface area contributed by atoms with Crippen molar-refractivity contribution in [2.45, 2.75) is 13.8 Å². The van der Waals surface area contributed by atoms with Crippen molar-refractivity contribution in [1.82, 2.24) is 19.4 Å². The molecular formula is C15H14N6O2. The first-order chi connectivity index (χ1) is 11.1. The summed E-state index contributed by atoms with van der Waals surface area (Å²) in [5, 5.41) is 22.6. The Hall–Kier alpha value is -3.29. The highest BCUT2D eigenvalue weighted by atomic mass is 16.6. The first-order valence-corrected chi connectivity index (χ1v) is 6.89. The SMILES string of the molecule is Cc1cc(/C=N/n2cnnc2)c(C)n1-c1cccc([N+](=O)[O-])c1. The molecule has 0 saturated carbocycles. The number of rotatable bonds is 4. The molecule has 0 spiro atoms. The van der Waals surface area contributed by atoms with Crippen LogP contribution in [0.5, 0.6) is 0 Å². The minimum Gasteiger partial charge on any atom is -0.318 e. The van der Waals surface area contributed by atoms with Crippen molar-refractivity contribution in [3.05, 3.63) is 70.1 Å². The van der Waals surface area contributed by atoms with Gasteiger partial charge in [-0.3, -0.25) is 10.1 Å². The second-order valence-electron chi connectivity index (χ2n) is 5.03. The molecule has 23 heavy (non-hydrogen) atoms. The zero-order valence-electron chi connectivity index (χ0n) is 12.6. The van der Waals surface area contributed by atoms with Crippen LogP contribution in [-0.4, -0.2) is 30.6 Å². The van der Waals surface area contributed by atoms with E-state index in [0.29, 0.717) is 0 Å². The Balaban J connectivity index is 2.01. The standard InChI is InChI=1S/C15H14N6O2/c1-11-6-13(8-18-19-9-16-17-10-19)12(2)20(11)14-4-3-5-15(7-14)21(22)23/h3-10H,1-2H3/b18-8+. The lowest BCUT2D eigenvalue weighted by atomic mass is 10.2. The fourth-order valence-corrected chi connectivity index (χ4v) is 2.45. The highest BCUT2D eigenvalue weighted by Crippen LogP contribution is 2.23. The Labute approximate surface area is 131 Å². The number of nitro benzene ring substituents is 1. The normalized spacial score (nSPS) is 11.2. The van der Waals surface area contributed by atoms with Crippen LogP contribution in [0.15, 0.2) is 48.1 Å². The summed E-state index contributed by atoms with van der Waals surface area (Å²) in [7, 11) is 0. The summed E-state index contributed by atoms with van der Waals surface area (Å²) in [5.74, 6) is 0. The van der Waals surface area contributed by atoms with Crippen LogP contribution in [0.3, 0.4) is 0 Å². The van der Waals surface area contributed by atoms with Crippen molar-refractivity contribution < 1.29 is 4.92 Å². The van der Waals surface area contributed by atoms with Gasteiger partial charge in [0.25, 0.3) is 5.69 Å². The molecule has 0 amide bonds. The minimum absolute atomic E-state index is 0.0645. The van der Waals surface area contributed by atoms with Gasteiger partial charge in [0.1, 0.15) is 12.7 Å². The Bertz CT molecular complexity index is 880. The summed E-state index contributed by atoms with van der Waals surface area (Å²) in [6.07, 6.45) is 4.70. The van der Waals surface area contributed by atoms with Crippen LogP contribution in [0, 0.1) is 24.0 Å². The summed E-state index contributed by atoms with van der Waals surface area (Å²) < 4.78 is 3.46. The summed E-state index contributed by atoms with van der Waals surface area (Å²) in [4.78, 5) is 10.6. The maximum absolute atomic E-state index is 11.0. The topological polar surface area (TPSA) is 91.1 Å². The average molecular weight is 310 g/mol. The fraction of sp³-hybridized carbons (Fsp3) is 0.133. The first kappa shape index (κ1) is 14.6. The molecule has 0 fully saturated rings. The molecule has 0 aliphatic heterocycles. The zero-order chi connectivity index (χ0) is 16.4. The molecule has 1 aromatic carbocycles. The summed E-state index contributed by atoms with van der Waals surface area (Å²) in [6, 6.07) is 8.53. The van der Waals surface area contributed by atoms with Crippen molar-refractivity contribution in [1.29, 1.82) is 0 Å². The monoisotopic (exact) mass is 310 g/mol. The van der Waals surface area contributed by atoms with Gasteiger partial charge in [-0.25, -0.2) is 4.68 Å². The van der Waals surface area contributed by atoms with E-state index >= 15 is 0 Å². The molecule has 0 atom stereocenters. The van der Waals surface area contributed by atoms with E-state index in [9.17, 15) is 10.1 Å². The number of nitro groups is 1. The van der Waals surface area contributed by atoms with Crippen molar-refractivity contribution in [2.75, 3.05) is 0 Å². The van der Waals surface area contributed by atoms with Gasteiger partial charge in [0.05, 0.1) is 16.8 Å². The predicted molar refractivity (Wildman–Crippen MR) is 84.9 cm³/mol. The molecule has 0 radical (unpaired) electrons. The average Bonchev–Trinajstić information content (AvgIpc) is 3.13. The smallest absolute Gasteiger partial charge is 0.271 e. The highest BCUT2D eigenvalue weighted by Gasteiger charge is 2.12. The van der Waals surface area contributed by atoms with Crippen LogP contribution < -0.4 is 0 Å². The van der Waals surface area contributed by atoms with Crippen LogP contribution in [-0.2, 0) is 0 Å². The Morgan fingerprint density at radius 2 is 1.96 bits per heavy atom. The third-order valence-corrected chi connectivity index (χ3v) is 3.51. The van der Waals surface area contributed by atoms with Crippen molar-refractivity contribution in [2.24, 2.45) is 5.10 Å². The molecule has 0 bridgehead atoms. The van der Waals surface area contributed by atoms with E-state index in [1.54, 1.807) is 18.3 Å². The predicted octanol–water partition coefficient (Wildman–Crippen LogP) is 2.48. The number of benzene rings is 1. The van der Waals surface area contributed by atoms with Gasteiger partial charge >= 0.3 is 0 Å². The van der Waals surface area contributed by atoms with E-state index in [1.807, 2.05) is 30.5 Å². The molecule has 2 aromatic heterocycles. The quantitative estimate of drug-likeness (QED) is 0.420. The van der Waals surface area contributed by atoms with Crippen LogP contribution in [0.1, 0.15) is 17.0 Å². The van der Waals surface area contributed by atoms with Crippen molar-refractivity contribution in [3.63, 3.8) is 0 Å². The number of non-ortho nitro benzene ring substituents is 1. The molecule has 8 nitrogen and oxygen atoms in total. The van der Waals surface area contributed by atoms with Gasteiger partial charge in [-0.2, -0.15) is 5.10 Å². The second-order valence-corrected chi connectivity index (χ2v) is 5.03. The lowest BCUT2D eigenvalue weighted by Gasteiger charge is -2.09. The van der Waals surface area contributed by atoms with Crippen LogP contribution in [0.25, 0.3) is 5.69 Å². The maximum atomic E-state index is 11.0. The summed E-state index contributed by atoms with van der Waals surface area (Å²) in [6.45, 7) is 3.89. The van der Waals surface area contributed by atoms with Crippen LogP contribution >= 0.6 is 0 Å². The molecule has 0 aliphatic rings. The van der Waals surface area contributed by atoms with Crippen LogP contribution in [0.2, 0.25) is 0 Å². The van der Waals surface area contributed by atoms with Gasteiger partial charge in [0.15, 0.2) is 0 Å². The molecule has 2 heterocycles. The molecule has 0 N–H and O–H groups in total. The first-order valence-electron chi connectivity index (χ1n) is 6.89. The lowest BCUT2D eigenvalue weighted by molar-refractivity contribution is -0.384. The minimum atomic E-state index is -0.397. The number of nitrogens with zero attached hydrogens (tertiary/aromatic N) is 6. The maximum Gasteiger partial charge on any atom is 0.271 e. The fourth-order valence-electron chi connectivity index (χ4n) is 2.45. The molecule has 0 saturated heterocycles. The lowest BCUT2D eigenvalue weighted by Crippen LogP contribution is -2.00. The highest BCUT2D eigenvalue weighted by molar-refractivity contribution is 5.82. The van der Waals surface area contributed by atoms with Crippen molar-refractivity contribution >= 4 is 11.9 Å². The van der Waals surface area contributed by atoms with Gasteiger partial charge in [0, 0.05) is 29.1 Å². The van der Waals surface area contributed by atoms with E-state index in [-0.39, 0.29) is 5.69 Å². The van der Waals surface area contributed by atoms with Gasteiger partial charge in [-0.1, -0.05) is 6.07 Å². The second kappa shape index (κ2) is 5.84. The van der Waals surface area contributed by atoms with Gasteiger partial charge < -0.3 is 4.57 Å². The third-order valence-electron chi connectivity index (χ3n) is 3.51. The summed E-state index contributed by atoms with van der Waals surface area (Å²) in [5.41, 5.74) is 3.64. The van der Waals surface area contributed by atoms with Gasteiger partial charge in [0.2, 0.25) is 0 Å². The Kier molecular flexibility index (Phi) is 3.71. The van der Waals surface area contributed by atoms with Gasteiger partial charge in [-0.15, -0.1) is 10.2 Å². The number of hydrogen-bond acceptors (Lipinski definition) is 5. The van der Waals surface area contributed by atoms with E-state index < -0.39 is 4.92 Å². The zero-order valence-corrected chi connectivity index (χ0v) is 12.6. The Morgan fingerprint density at radius 1 is 1.22 bits per heavy atom. The number of hydrogen-bond donors (Lipinski definition) is 0. The number of aryl methyl sites for hydroxylation is 1. The molecule has 8 heteroatoms. The third kappa shape index (κ3) is 2.86. The molecule has 0 aliphatic carbocycles. The number of aromatic nitrogens is 4. The van der Waals surface area contributed by atoms with Gasteiger partial charge in [-0.05, 0) is 26.0 Å². The van der Waals surface area contributed by atoms with Crippen LogP contribution in [0.4, 0.5) is 5.69 Å². The van der Waals surface area contributed by atoms with E-state index in [2.05, 4.69) is 15.3 Å². The molecular weight excluding hydrogens is 296 g/mol. The van der Waals surface area contributed by atoms with Crippen molar-refractivity contribution in [3.8, 4) is 5.69 Å². The molecule has 0 unspecified atom stereocenters. The van der Waals surface area contributed by atoms with E-state index in [1.165, 1.54) is 23.4 Å². The molecule has 3 aromatic rings.